The molecule has 0 radical (unpaired) electrons. The third kappa shape index (κ3) is 6.11. The summed E-state index contributed by atoms with van der Waals surface area (Å²) < 4.78 is 14.7. The van der Waals surface area contributed by atoms with Crippen LogP contribution in [-0.2, 0) is 30.5 Å². The van der Waals surface area contributed by atoms with E-state index >= 15 is 0 Å². The van der Waals surface area contributed by atoms with Crippen LogP contribution in [-0.4, -0.2) is 45.9 Å². The van der Waals surface area contributed by atoms with E-state index in [0.29, 0.717) is 10.6 Å². The maximum absolute atomic E-state index is 14.7. The zero-order chi connectivity index (χ0) is 24.9. The number of rotatable bonds is 9. The monoisotopic (exact) mass is 495 g/mol. The number of aliphatic carboxylic acids is 1. The molecular weight excluding hydrogens is 465 g/mol. The third-order valence-electron chi connectivity index (χ3n) is 6.38. The molecule has 1 aliphatic carbocycles. The van der Waals surface area contributed by atoms with Gasteiger partial charge in [-0.05, 0) is 74.3 Å². The molecule has 0 aliphatic heterocycles. The summed E-state index contributed by atoms with van der Waals surface area (Å²) in [4.78, 5) is 34.5. The van der Waals surface area contributed by atoms with Gasteiger partial charge in [0.05, 0.1) is 17.7 Å². The second kappa shape index (κ2) is 11.1. The molecule has 2 heterocycles. The van der Waals surface area contributed by atoms with Crippen LogP contribution in [0.1, 0.15) is 75.2 Å². The Morgan fingerprint density at radius 1 is 1.09 bits per heavy atom. The van der Waals surface area contributed by atoms with Crippen LogP contribution in [0.15, 0.2) is 35.7 Å². The van der Waals surface area contributed by atoms with Crippen LogP contribution in [0, 0.1) is 5.82 Å². The number of hydrogen-bond donors (Lipinski definition) is 1. The number of aromatic nitrogens is 2. The summed E-state index contributed by atoms with van der Waals surface area (Å²) in [5.74, 6) is -2.66. The number of thiazole rings is 1. The summed E-state index contributed by atoms with van der Waals surface area (Å²) in [7, 11) is 3.11. The highest BCUT2D eigenvalue weighted by atomic mass is 32.1. The first-order valence-electron chi connectivity index (χ1n) is 12.0. The average Bonchev–Trinajstić information content (AvgIpc) is 3.30. The zero-order valence-corrected chi connectivity index (χ0v) is 20.9. The van der Waals surface area contributed by atoms with E-state index in [-0.39, 0.29) is 12.0 Å². The fourth-order valence-corrected chi connectivity index (χ4v) is 5.48. The minimum atomic E-state index is -0.987. The fraction of sp³-hybridized carbons (Fsp3) is 0.407. The molecule has 0 spiro atoms. The normalized spacial score (nSPS) is 13.8. The predicted molar refractivity (Wildman–Crippen MR) is 134 cm³/mol. The van der Waals surface area contributed by atoms with Gasteiger partial charge in [-0.2, -0.15) is 0 Å². The highest BCUT2D eigenvalue weighted by molar-refractivity contribution is 7.09. The lowest BCUT2D eigenvalue weighted by molar-refractivity contribution is -0.137. The number of pyridine rings is 1. The van der Waals surface area contributed by atoms with E-state index in [0.717, 1.165) is 43.5 Å². The van der Waals surface area contributed by atoms with E-state index in [1.54, 1.807) is 20.2 Å². The smallest absolute Gasteiger partial charge is 0.304 e. The van der Waals surface area contributed by atoms with Crippen molar-refractivity contribution in [1.29, 1.82) is 0 Å². The summed E-state index contributed by atoms with van der Waals surface area (Å²) in [5, 5.41) is 12.1. The van der Waals surface area contributed by atoms with Gasteiger partial charge in [-0.3, -0.25) is 14.6 Å². The molecule has 1 aromatic carbocycles. The number of halogens is 1. The largest absolute Gasteiger partial charge is 0.481 e. The van der Waals surface area contributed by atoms with Crippen molar-refractivity contribution in [3.8, 4) is 0 Å². The Balaban J connectivity index is 1.45. The molecule has 0 fully saturated rings. The highest BCUT2D eigenvalue weighted by Crippen LogP contribution is 2.32. The van der Waals surface area contributed by atoms with Gasteiger partial charge in [0, 0.05) is 36.8 Å². The van der Waals surface area contributed by atoms with Gasteiger partial charge in [-0.15, -0.1) is 11.3 Å². The molecule has 1 amide bonds. The van der Waals surface area contributed by atoms with Crippen LogP contribution in [0.25, 0.3) is 0 Å². The molecule has 1 unspecified atom stereocenters. The van der Waals surface area contributed by atoms with Gasteiger partial charge >= 0.3 is 5.97 Å². The zero-order valence-electron chi connectivity index (χ0n) is 20.1. The summed E-state index contributed by atoms with van der Waals surface area (Å²) in [6.45, 7) is 0. The van der Waals surface area contributed by atoms with Crippen molar-refractivity contribution in [3.05, 3.63) is 80.3 Å². The summed E-state index contributed by atoms with van der Waals surface area (Å²) in [6.07, 6.45) is 6.97. The quantitative estimate of drug-likeness (QED) is 0.450. The van der Waals surface area contributed by atoms with Gasteiger partial charge < -0.3 is 10.0 Å². The molecule has 1 atom stereocenters. The van der Waals surface area contributed by atoms with E-state index in [2.05, 4.69) is 12.1 Å². The van der Waals surface area contributed by atoms with Gasteiger partial charge in [0.2, 0.25) is 0 Å². The Morgan fingerprint density at radius 2 is 1.86 bits per heavy atom. The topological polar surface area (TPSA) is 83.4 Å². The Hall–Kier alpha value is -3.13. The standard InChI is InChI=1S/C27H30FN3O3S/c1-31(2)27(34)21-13-11-18(14-23(21)28)22(15-25(32)33)26-30-20(16-35-26)8-5-7-19-12-10-17-6-3-4-9-24(17)29-19/h10-14,16,22H,3-9,15H2,1-2H3,(H,32,33). The Morgan fingerprint density at radius 3 is 2.60 bits per heavy atom. The van der Waals surface area contributed by atoms with Crippen molar-refractivity contribution < 1.29 is 19.1 Å². The molecule has 1 aliphatic rings. The maximum atomic E-state index is 14.7. The molecular formula is C27H30FN3O3S. The molecule has 1 N–H and O–H groups in total. The second-order valence-electron chi connectivity index (χ2n) is 9.24. The Labute approximate surface area is 208 Å². The number of amides is 1. The Kier molecular flexibility index (Phi) is 7.90. The fourth-order valence-electron chi connectivity index (χ4n) is 4.50. The summed E-state index contributed by atoms with van der Waals surface area (Å²) in [5.41, 5.74) is 5.09. The summed E-state index contributed by atoms with van der Waals surface area (Å²) in [6, 6.07) is 8.63. The van der Waals surface area contributed by atoms with E-state index < -0.39 is 23.6 Å². The number of aryl methyl sites for hydroxylation is 4. The van der Waals surface area contributed by atoms with Crippen LogP contribution < -0.4 is 0 Å². The van der Waals surface area contributed by atoms with Gasteiger partial charge in [-0.1, -0.05) is 12.1 Å². The minimum absolute atomic E-state index is 0.0385. The van der Waals surface area contributed by atoms with Crippen molar-refractivity contribution in [3.63, 3.8) is 0 Å². The SMILES string of the molecule is CN(C)C(=O)c1ccc(C(CC(=O)O)c2nc(CCCc3ccc4c(n3)CCCC4)cs2)cc1F. The first kappa shape index (κ1) is 25.0. The van der Waals surface area contributed by atoms with Gasteiger partial charge in [0.25, 0.3) is 5.91 Å². The van der Waals surface area contributed by atoms with Crippen molar-refractivity contribution >= 4 is 23.2 Å². The molecule has 0 bridgehead atoms. The number of carbonyl (C=O) groups excluding carboxylic acids is 1. The van der Waals surface area contributed by atoms with Crippen LogP contribution in [0.4, 0.5) is 4.39 Å². The number of benzene rings is 1. The van der Waals surface area contributed by atoms with Crippen LogP contribution in [0.3, 0.4) is 0 Å². The second-order valence-corrected chi connectivity index (χ2v) is 10.1. The van der Waals surface area contributed by atoms with Gasteiger partial charge in [-0.25, -0.2) is 9.37 Å². The van der Waals surface area contributed by atoms with E-state index in [4.69, 9.17) is 9.97 Å². The third-order valence-corrected chi connectivity index (χ3v) is 7.39. The molecule has 8 heteroatoms. The molecule has 0 saturated heterocycles. The number of carbonyl (C=O) groups is 2. The van der Waals surface area contributed by atoms with E-state index in [9.17, 15) is 19.1 Å². The molecule has 3 aromatic rings. The molecule has 184 valence electrons. The van der Waals surface area contributed by atoms with Crippen LogP contribution >= 0.6 is 11.3 Å². The molecule has 2 aromatic heterocycles. The number of hydrogen-bond acceptors (Lipinski definition) is 5. The molecule has 35 heavy (non-hydrogen) atoms. The molecule has 4 rings (SSSR count). The van der Waals surface area contributed by atoms with Crippen molar-refractivity contribution in [2.75, 3.05) is 14.1 Å². The van der Waals surface area contributed by atoms with Crippen molar-refractivity contribution in [2.45, 2.75) is 57.3 Å². The number of fused-ring (bicyclic) bond motifs is 1. The predicted octanol–water partition coefficient (Wildman–Crippen LogP) is 5.04. The number of carboxylic acid groups (broad SMARTS) is 1. The van der Waals surface area contributed by atoms with Crippen molar-refractivity contribution in [2.24, 2.45) is 0 Å². The van der Waals surface area contributed by atoms with E-state index in [1.807, 2.05) is 5.38 Å². The lowest BCUT2D eigenvalue weighted by Gasteiger charge is -2.15. The molecule has 6 nitrogen and oxygen atoms in total. The lowest BCUT2D eigenvalue weighted by atomic mass is 9.94. The summed E-state index contributed by atoms with van der Waals surface area (Å²) >= 11 is 1.39. The van der Waals surface area contributed by atoms with E-state index in [1.165, 1.54) is 52.5 Å². The maximum Gasteiger partial charge on any atom is 0.304 e. The first-order valence-corrected chi connectivity index (χ1v) is 12.8. The van der Waals surface area contributed by atoms with Crippen LogP contribution in [0.5, 0.6) is 0 Å². The first-order chi connectivity index (χ1) is 16.8. The van der Waals surface area contributed by atoms with Gasteiger partial charge in [0.1, 0.15) is 10.8 Å². The number of carboxylic acids is 1. The minimum Gasteiger partial charge on any atom is -0.481 e. The van der Waals surface area contributed by atoms with Gasteiger partial charge in [0.15, 0.2) is 0 Å². The average molecular weight is 496 g/mol. The Bertz CT molecular complexity index is 1220. The van der Waals surface area contributed by atoms with Crippen molar-refractivity contribution in [1.82, 2.24) is 14.9 Å². The van der Waals surface area contributed by atoms with Crippen LogP contribution in [0.2, 0.25) is 0 Å². The lowest BCUT2D eigenvalue weighted by Crippen LogP contribution is -2.23. The highest BCUT2D eigenvalue weighted by Gasteiger charge is 2.24. The molecule has 0 saturated carbocycles. The number of nitrogens with zero attached hydrogens (tertiary/aromatic N) is 3.